The molecule has 1 saturated carbocycles. The molecule has 1 amide bonds. The average molecular weight is 342 g/mol. The number of aromatic amines is 1. The first-order valence-corrected chi connectivity index (χ1v) is 9.15. The fourth-order valence-electron chi connectivity index (χ4n) is 3.51. The van der Waals surface area contributed by atoms with Crippen LogP contribution in [0, 0.1) is 5.92 Å². The first kappa shape index (κ1) is 17.5. The van der Waals surface area contributed by atoms with E-state index in [4.69, 9.17) is 4.74 Å². The fourth-order valence-corrected chi connectivity index (χ4v) is 3.51. The van der Waals surface area contributed by atoms with Crippen molar-refractivity contribution in [2.24, 2.45) is 5.92 Å². The van der Waals surface area contributed by atoms with Crippen molar-refractivity contribution in [3.05, 3.63) is 36.0 Å². The highest BCUT2D eigenvalue weighted by Crippen LogP contribution is 2.23. The van der Waals surface area contributed by atoms with Crippen LogP contribution >= 0.6 is 0 Å². The van der Waals surface area contributed by atoms with E-state index in [0.29, 0.717) is 12.5 Å². The molecule has 1 atom stereocenters. The van der Waals surface area contributed by atoms with E-state index in [9.17, 15) is 9.59 Å². The minimum atomic E-state index is -0.763. The number of rotatable bonds is 6. The Morgan fingerprint density at radius 2 is 2.00 bits per heavy atom. The third-order valence-electron chi connectivity index (χ3n) is 4.98. The van der Waals surface area contributed by atoms with Crippen LogP contribution in [0.5, 0.6) is 0 Å². The largest absolute Gasteiger partial charge is 0.452 e. The standard InChI is InChI=1S/C20H26N2O3/c1-14(20(24)22-12-15-7-3-2-4-8-15)25-19(23)11-16-13-21-18-10-6-5-9-17(16)18/h5-6,9-10,13-15,21H,2-4,7-8,11-12H2,1H3,(H,22,24). The number of carbonyl (C=O) groups is 2. The highest BCUT2D eigenvalue weighted by Gasteiger charge is 2.20. The molecule has 2 N–H and O–H groups in total. The summed E-state index contributed by atoms with van der Waals surface area (Å²) >= 11 is 0. The molecule has 1 aliphatic rings. The Hall–Kier alpha value is -2.30. The molecule has 0 spiro atoms. The second-order valence-corrected chi connectivity index (χ2v) is 6.92. The van der Waals surface area contributed by atoms with Gasteiger partial charge in [-0.1, -0.05) is 37.5 Å². The first-order valence-electron chi connectivity index (χ1n) is 9.15. The van der Waals surface area contributed by atoms with Crippen LogP contribution in [0.2, 0.25) is 0 Å². The number of amides is 1. The van der Waals surface area contributed by atoms with Crippen LogP contribution in [0.15, 0.2) is 30.5 Å². The van der Waals surface area contributed by atoms with Crippen molar-refractivity contribution < 1.29 is 14.3 Å². The number of hydrogen-bond acceptors (Lipinski definition) is 3. The number of ether oxygens (including phenoxy) is 1. The Morgan fingerprint density at radius 3 is 2.80 bits per heavy atom. The predicted octanol–water partition coefficient (Wildman–Crippen LogP) is 3.34. The van der Waals surface area contributed by atoms with Crippen LogP contribution in [-0.2, 0) is 20.7 Å². The number of para-hydroxylation sites is 1. The number of carbonyl (C=O) groups excluding carboxylic acids is 2. The molecule has 0 bridgehead atoms. The number of nitrogens with one attached hydrogen (secondary N) is 2. The predicted molar refractivity (Wildman–Crippen MR) is 97.1 cm³/mol. The topological polar surface area (TPSA) is 71.2 Å². The van der Waals surface area contributed by atoms with Gasteiger partial charge in [0.25, 0.3) is 5.91 Å². The van der Waals surface area contributed by atoms with Crippen LogP contribution in [-0.4, -0.2) is 29.5 Å². The van der Waals surface area contributed by atoms with Crippen LogP contribution in [0.3, 0.4) is 0 Å². The normalized spacial score (nSPS) is 16.5. The molecule has 5 nitrogen and oxygen atoms in total. The van der Waals surface area contributed by atoms with Gasteiger partial charge in [0.2, 0.25) is 0 Å². The average Bonchev–Trinajstić information content (AvgIpc) is 3.03. The summed E-state index contributed by atoms with van der Waals surface area (Å²) in [5, 5.41) is 3.93. The van der Waals surface area contributed by atoms with E-state index in [1.165, 1.54) is 32.1 Å². The maximum absolute atomic E-state index is 12.2. The first-order chi connectivity index (χ1) is 12.1. The summed E-state index contributed by atoms with van der Waals surface area (Å²) in [6.45, 7) is 2.31. The Bertz CT molecular complexity index is 731. The van der Waals surface area contributed by atoms with Gasteiger partial charge in [-0.2, -0.15) is 0 Å². The molecular weight excluding hydrogens is 316 g/mol. The Morgan fingerprint density at radius 1 is 1.24 bits per heavy atom. The second-order valence-electron chi connectivity index (χ2n) is 6.92. The van der Waals surface area contributed by atoms with Gasteiger partial charge in [-0.3, -0.25) is 9.59 Å². The SMILES string of the molecule is CC(OC(=O)Cc1c[nH]c2ccccc12)C(=O)NCC1CCCCC1. The van der Waals surface area contributed by atoms with E-state index in [1.807, 2.05) is 30.5 Å². The second kappa shape index (κ2) is 8.19. The molecular formula is C20H26N2O3. The number of H-pyrrole nitrogens is 1. The van der Waals surface area contributed by atoms with E-state index in [1.54, 1.807) is 6.92 Å². The number of hydrogen-bond donors (Lipinski definition) is 2. The zero-order valence-corrected chi connectivity index (χ0v) is 14.7. The number of benzene rings is 1. The fraction of sp³-hybridized carbons (Fsp3) is 0.500. The van der Waals surface area contributed by atoms with Gasteiger partial charge in [0.05, 0.1) is 6.42 Å². The molecule has 2 aromatic rings. The van der Waals surface area contributed by atoms with Gasteiger partial charge in [-0.25, -0.2) is 0 Å². The van der Waals surface area contributed by atoms with Gasteiger partial charge in [-0.05, 0) is 37.3 Å². The summed E-state index contributed by atoms with van der Waals surface area (Å²) < 4.78 is 5.31. The molecule has 1 unspecified atom stereocenters. The van der Waals surface area contributed by atoms with E-state index in [2.05, 4.69) is 10.3 Å². The zero-order valence-electron chi connectivity index (χ0n) is 14.7. The van der Waals surface area contributed by atoms with Crippen LogP contribution in [0.25, 0.3) is 10.9 Å². The summed E-state index contributed by atoms with van der Waals surface area (Å²) in [4.78, 5) is 27.4. The van der Waals surface area contributed by atoms with Gasteiger partial charge in [0, 0.05) is 23.6 Å². The summed E-state index contributed by atoms with van der Waals surface area (Å²) in [5.74, 6) is -0.0326. The van der Waals surface area contributed by atoms with Crippen molar-refractivity contribution in [3.8, 4) is 0 Å². The lowest BCUT2D eigenvalue weighted by Gasteiger charge is -2.22. The Balaban J connectivity index is 1.47. The van der Waals surface area contributed by atoms with E-state index in [0.717, 1.165) is 16.5 Å². The van der Waals surface area contributed by atoms with Crippen molar-refractivity contribution in [2.45, 2.75) is 51.6 Å². The summed E-state index contributed by atoms with van der Waals surface area (Å²) in [5.41, 5.74) is 1.87. The van der Waals surface area contributed by atoms with Gasteiger partial charge >= 0.3 is 5.97 Å². The Labute approximate surface area is 148 Å². The van der Waals surface area contributed by atoms with Crippen LogP contribution in [0.1, 0.15) is 44.6 Å². The highest BCUT2D eigenvalue weighted by molar-refractivity contribution is 5.88. The van der Waals surface area contributed by atoms with Crippen LogP contribution in [0.4, 0.5) is 0 Å². The molecule has 5 heteroatoms. The highest BCUT2D eigenvalue weighted by atomic mass is 16.5. The van der Waals surface area contributed by atoms with Crippen molar-refractivity contribution in [2.75, 3.05) is 6.54 Å². The lowest BCUT2D eigenvalue weighted by atomic mass is 9.89. The molecule has 1 aromatic heterocycles. The minimum absolute atomic E-state index is 0.157. The smallest absolute Gasteiger partial charge is 0.311 e. The van der Waals surface area contributed by atoms with Gasteiger partial charge in [0.15, 0.2) is 6.10 Å². The summed E-state index contributed by atoms with van der Waals surface area (Å²) in [6, 6.07) is 7.81. The summed E-state index contributed by atoms with van der Waals surface area (Å²) in [6.07, 6.45) is 7.35. The van der Waals surface area contributed by atoms with E-state index >= 15 is 0 Å². The third kappa shape index (κ3) is 4.62. The van der Waals surface area contributed by atoms with Crippen LogP contribution < -0.4 is 5.32 Å². The van der Waals surface area contributed by atoms with Crippen molar-refractivity contribution in [1.82, 2.24) is 10.3 Å². The van der Waals surface area contributed by atoms with E-state index < -0.39 is 6.10 Å². The summed E-state index contributed by atoms with van der Waals surface area (Å²) in [7, 11) is 0. The molecule has 25 heavy (non-hydrogen) atoms. The van der Waals surface area contributed by atoms with Crippen molar-refractivity contribution >= 4 is 22.8 Å². The molecule has 0 aliphatic heterocycles. The molecule has 134 valence electrons. The monoisotopic (exact) mass is 342 g/mol. The lowest BCUT2D eigenvalue weighted by molar-refractivity contribution is -0.154. The van der Waals surface area contributed by atoms with Crippen molar-refractivity contribution in [3.63, 3.8) is 0 Å². The maximum Gasteiger partial charge on any atom is 0.311 e. The van der Waals surface area contributed by atoms with Crippen molar-refractivity contribution in [1.29, 1.82) is 0 Å². The number of esters is 1. The molecule has 0 radical (unpaired) electrons. The van der Waals surface area contributed by atoms with Gasteiger partial charge in [0.1, 0.15) is 0 Å². The third-order valence-corrected chi connectivity index (χ3v) is 4.98. The molecule has 1 fully saturated rings. The Kier molecular flexibility index (Phi) is 5.74. The number of fused-ring (bicyclic) bond motifs is 1. The number of aromatic nitrogens is 1. The quantitative estimate of drug-likeness (QED) is 0.791. The molecule has 1 aliphatic carbocycles. The maximum atomic E-state index is 12.2. The zero-order chi connectivity index (χ0) is 17.6. The van der Waals surface area contributed by atoms with E-state index in [-0.39, 0.29) is 18.3 Å². The minimum Gasteiger partial charge on any atom is -0.452 e. The lowest BCUT2D eigenvalue weighted by Crippen LogP contribution is -2.39. The molecule has 3 rings (SSSR count). The molecule has 1 aromatic carbocycles. The van der Waals surface area contributed by atoms with Gasteiger partial charge in [-0.15, -0.1) is 0 Å². The molecule has 0 saturated heterocycles. The van der Waals surface area contributed by atoms with Gasteiger partial charge < -0.3 is 15.0 Å². The molecule has 1 heterocycles.